The minimum Gasteiger partial charge on any atom is -0.310 e. The Morgan fingerprint density at radius 3 is 2.03 bits per heavy atom. The van der Waals surface area contributed by atoms with Crippen molar-refractivity contribution < 1.29 is 0 Å². The molecule has 1 N–H and O–H groups in total. The summed E-state index contributed by atoms with van der Waals surface area (Å²) in [6.45, 7) is 22.8. The second kappa shape index (κ2) is 12.9. The number of rotatable bonds is 7. The Hall–Kier alpha value is -0.0400. The number of hydrogen-bond donors (Lipinski definition) is 1. The molecule has 0 amide bonds. The van der Waals surface area contributed by atoms with Gasteiger partial charge in [-0.2, -0.15) is 0 Å². The molecular formula is C37H69N. The fourth-order valence-electron chi connectivity index (χ4n) is 10.6. The van der Waals surface area contributed by atoms with Gasteiger partial charge in [0.15, 0.2) is 0 Å². The van der Waals surface area contributed by atoms with Crippen LogP contribution in [0.25, 0.3) is 0 Å². The van der Waals surface area contributed by atoms with Crippen LogP contribution >= 0.6 is 0 Å². The van der Waals surface area contributed by atoms with Crippen molar-refractivity contribution in [3.63, 3.8) is 0 Å². The van der Waals surface area contributed by atoms with E-state index in [0.29, 0.717) is 10.8 Å². The van der Waals surface area contributed by atoms with Crippen molar-refractivity contribution in [1.29, 1.82) is 0 Å². The summed E-state index contributed by atoms with van der Waals surface area (Å²) in [5.41, 5.74) is 0.926. The zero-order valence-electron chi connectivity index (χ0n) is 27.5. The van der Waals surface area contributed by atoms with Crippen molar-refractivity contribution in [2.45, 2.75) is 171 Å². The van der Waals surface area contributed by atoms with Crippen LogP contribution in [0, 0.1) is 64.1 Å². The molecule has 0 bridgehead atoms. The van der Waals surface area contributed by atoms with Crippen LogP contribution < -0.4 is 5.32 Å². The molecule has 222 valence electrons. The van der Waals surface area contributed by atoms with Crippen LogP contribution in [-0.2, 0) is 0 Å². The molecule has 0 spiro atoms. The Bertz CT molecular complexity index is 705. The van der Waals surface area contributed by atoms with Crippen molar-refractivity contribution in [2.75, 3.05) is 0 Å². The van der Waals surface area contributed by atoms with Crippen molar-refractivity contribution in [3.05, 3.63) is 0 Å². The molecule has 4 aliphatic rings. The van der Waals surface area contributed by atoms with Crippen LogP contribution in [0.1, 0.15) is 159 Å². The van der Waals surface area contributed by atoms with Gasteiger partial charge in [-0.3, -0.25) is 0 Å². The largest absolute Gasteiger partial charge is 0.310 e. The molecule has 1 nitrogen and oxygen atoms in total. The first kappa shape index (κ1) is 30.9. The summed E-state index contributed by atoms with van der Waals surface area (Å²) in [6, 6.07) is 1.53. The van der Waals surface area contributed by atoms with Gasteiger partial charge in [0.1, 0.15) is 0 Å². The molecule has 0 radical (unpaired) electrons. The first-order chi connectivity index (χ1) is 17.9. The minimum atomic E-state index is 0.460. The van der Waals surface area contributed by atoms with Gasteiger partial charge in [-0.25, -0.2) is 0 Å². The first-order valence-corrected chi connectivity index (χ1v) is 17.7. The number of nitrogens with one attached hydrogen (secondary N) is 1. The van der Waals surface area contributed by atoms with Gasteiger partial charge in [0.2, 0.25) is 0 Å². The summed E-state index contributed by atoms with van der Waals surface area (Å²) >= 11 is 0. The van der Waals surface area contributed by atoms with E-state index in [1.807, 2.05) is 0 Å². The first-order valence-electron chi connectivity index (χ1n) is 17.7. The zero-order valence-corrected chi connectivity index (χ0v) is 27.5. The maximum absolute atomic E-state index is 4.59. The van der Waals surface area contributed by atoms with E-state index in [1.54, 1.807) is 0 Å². The van der Waals surface area contributed by atoms with Gasteiger partial charge in [0.05, 0.1) is 0 Å². The summed E-state index contributed by atoms with van der Waals surface area (Å²) in [5, 5.41) is 4.59. The fourth-order valence-corrected chi connectivity index (χ4v) is 10.6. The van der Waals surface area contributed by atoms with E-state index >= 15 is 0 Å². The van der Waals surface area contributed by atoms with Crippen LogP contribution in [0.5, 0.6) is 0 Å². The third-order valence-electron chi connectivity index (χ3n) is 13.0. The quantitative estimate of drug-likeness (QED) is 0.347. The minimum absolute atomic E-state index is 0.460. The van der Waals surface area contributed by atoms with E-state index in [-0.39, 0.29) is 0 Å². The molecular weight excluding hydrogens is 458 g/mol. The highest BCUT2D eigenvalue weighted by molar-refractivity contribution is 5.04. The topological polar surface area (TPSA) is 12.0 Å². The predicted molar refractivity (Wildman–Crippen MR) is 167 cm³/mol. The molecule has 0 heterocycles. The SMILES string of the molecule is CCC1C(NC2CCCC(C3CCCCC3)C2C)C2CCC(C(C)(C)C)CC2C(C)[C@H]1CCCC(C)(C)C. The summed E-state index contributed by atoms with van der Waals surface area (Å²) in [6.07, 6.45) is 22.0. The lowest BCUT2D eigenvalue weighted by molar-refractivity contribution is -0.0557. The number of fused-ring (bicyclic) bond motifs is 1. The average Bonchev–Trinajstić information content (AvgIpc) is 2.86. The Kier molecular flexibility index (Phi) is 10.5. The summed E-state index contributed by atoms with van der Waals surface area (Å²) in [4.78, 5) is 0. The molecule has 0 saturated heterocycles. The van der Waals surface area contributed by atoms with Crippen LogP contribution in [0.3, 0.4) is 0 Å². The van der Waals surface area contributed by atoms with Crippen molar-refractivity contribution >= 4 is 0 Å². The van der Waals surface area contributed by atoms with E-state index in [0.717, 1.165) is 65.3 Å². The smallest absolute Gasteiger partial charge is 0.0132 e. The Balaban J connectivity index is 1.54. The fraction of sp³-hybridized carbons (Fsp3) is 1.00. The van der Waals surface area contributed by atoms with Gasteiger partial charge >= 0.3 is 0 Å². The Morgan fingerprint density at radius 2 is 1.39 bits per heavy atom. The standard InChI is InChI=1S/C37H69N/c1-10-29-31(19-15-23-36(4,5)6)25(2)33-24-28(37(7,8)9)21-22-32(33)35(29)38-34-20-14-18-30(26(34)3)27-16-12-11-13-17-27/h25-35,38H,10-24H2,1-9H3/t25?,26?,28?,29?,30?,31-,32?,33?,34?,35?/m1/s1. The van der Waals surface area contributed by atoms with E-state index in [4.69, 9.17) is 0 Å². The predicted octanol–water partition coefficient (Wildman–Crippen LogP) is 10.9. The summed E-state index contributed by atoms with van der Waals surface area (Å²) in [5.74, 6) is 8.31. The maximum atomic E-state index is 4.59. The lowest BCUT2D eigenvalue weighted by Gasteiger charge is -2.57. The van der Waals surface area contributed by atoms with E-state index < -0.39 is 0 Å². The van der Waals surface area contributed by atoms with Crippen LogP contribution in [0.2, 0.25) is 0 Å². The van der Waals surface area contributed by atoms with Gasteiger partial charge in [-0.15, -0.1) is 0 Å². The molecule has 0 aliphatic heterocycles. The molecule has 0 aromatic heterocycles. The maximum Gasteiger partial charge on any atom is 0.0132 e. The van der Waals surface area contributed by atoms with Crippen LogP contribution in [-0.4, -0.2) is 12.1 Å². The molecule has 4 fully saturated rings. The second-order valence-electron chi connectivity index (χ2n) is 17.4. The van der Waals surface area contributed by atoms with Gasteiger partial charge in [0.25, 0.3) is 0 Å². The zero-order chi connectivity index (χ0) is 27.7. The third-order valence-corrected chi connectivity index (χ3v) is 13.0. The van der Waals surface area contributed by atoms with Crippen LogP contribution in [0.4, 0.5) is 0 Å². The Morgan fingerprint density at radius 1 is 0.684 bits per heavy atom. The summed E-state index contributed by atoms with van der Waals surface area (Å²) in [7, 11) is 0. The van der Waals surface area contributed by atoms with Gasteiger partial charge in [-0.1, -0.05) is 114 Å². The monoisotopic (exact) mass is 528 g/mol. The molecule has 9 unspecified atom stereocenters. The molecule has 4 rings (SSSR count). The molecule has 1 heteroatoms. The normalized spacial score (nSPS) is 41.6. The molecule has 0 aromatic rings. The lowest BCUT2D eigenvalue weighted by Crippen LogP contribution is -2.60. The van der Waals surface area contributed by atoms with Gasteiger partial charge in [-0.05, 0) is 109 Å². The van der Waals surface area contributed by atoms with Gasteiger partial charge < -0.3 is 5.32 Å². The highest BCUT2D eigenvalue weighted by atomic mass is 15.0. The van der Waals surface area contributed by atoms with Crippen LogP contribution in [0.15, 0.2) is 0 Å². The molecule has 4 saturated carbocycles. The third kappa shape index (κ3) is 7.23. The molecule has 10 atom stereocenters. The van der Waals surface area contributed by atoms with E-state index in [2.05, 4.69) is 67.6 Å². The average molecular weight is 528 g/mol. The Labute approximate surface area is 239 Å². The van der Waals surface area contributed by atoms with Crippen molar-refractivity contribution in [2.24, 2.45) is 64.1 Å². The summed E-state index contributed by atoms with van der Waals surface area (Å²) < 4.78 is 0. The van der Waals surface area contributed by atoms with Crippen molar-refractivity contribution in [3.8, 4) is 0 Å². The molecule has 0 aromatic carbocycles. The van der Waals surface area contributed by atoms with E-state index in [1.165, 1.54) is 96.3 Å². The highest BCUT2D eigenvalue weighted by Gasteiger charge is 2.51. The highest BCUT2D eigenvalue weighted by Crippen LogP contribution is 2.55. The second-order valence-corrected chi connectivity index (χ2v) is 17.4. The molecule has 38 heavy (non-hydrogen) atoms. The van der Waals surface area contributed by atoms with E-state index in [9.17, 15) is 0 Å². The van der Waals surface area contributed by atoms with Crippen molar-refractivity contribution in [1.82, 2.24) is 5.32 Å². The number of hydrogen-bond acceptors (Lipinski definition) is 1. The van der Waals surface area contributed by atoms with Gasteiger partial charge in [0, 0.05) is 12.1 Å². The molecule has 4 aliphatic carbocycles. The lowest BCUT2D eigenvalue weighted by atomic mass is 9.51.